The predicted octanol–water partition coefficient (Wildman–Crippen LogP) is 3.27. The summed E-state index contributed by atoms with van der Waals surface area (Å²) < 4.78 is 7.05. The van der Waals surface area contributed by atoms with Gasteiger partial charge in [-0.1, -0.05) is 23.7 Å². The van der Waals surface area contributed by atoms with Crippen LogP contribution in [0.25, 0.3) is 16.7 Å². The first kappa shape index (κ1) is 11.9. The monoisotopic (exact) mass is 273 g/mol. The maximum atomic E-state index is 6.25. The van der Waals surface area contributed by atoms with Gasteiger partial charge in [-0.25, -0.2) is 4.98 Å². The second-order valence-corrected chi connectivity index (χ2v) is 4.52. The molecule has 3 aromatic rings. The number of anilines is 1. The van der Waals surface area contributed by atoms with Crippen LogP contribution in [0.5, 0.6) is 5.75 Å². The third kappa shape index (κ3) is 1.90. The van der Waals surface area contributed by atoms with Gasteiger partial charge in [0.25, 0.3) is 0 Å². The highest BCUT2D eigenvalue weighted by Gasteiger charge is 2.13. The van der Waals surface area contributed by atoms with Crippen LogP contribution in [0, 0.1) is 0 Å². The fraction of sp³-hybridized carbons (Fsp3) is 0.0714. The van der Waals surface area contributed by atoms with Crippen molar-refractivity contribution in [2.24, 2.45) is 0 Å². The number of hydrogen-bond acceptors (Lipinski definition) is 3. The van der Waals surface area contributed by atoms with E-state index in [0.717, 1.165) is 22.5 Å². The molecule has 0 unspecified atom stereocenters. The summed E-state index contributed by atoms with van der Waals surface area (Å²) >= 11 is 6.25. The van der Waals surface area contributed by atoms with Crippen LogP contribution < -0.4 is 10.5 Å². The molecule has 1 heterocycles. The molecule has 3 rings (SSSR count). The molecule has 0 bridgehead atoms. The summed E-state index contributed by atoms with van der Waals surface area (Å²) in [6, 6.07) is 13.2. The number of ether oxygens (including phenoxy) is 1. The molecule has 96 valence electrons. The van der Waals surface area contributed by atoms with E-state index in [-0.39, 0.29) is 0 Å². The van der Waals surface area contributed by atoms with Crippen molar-refractivity contribution in [1.82, 2.24) is 9.55 Å². The number of para-hydroxylation sites is 1. The Morgan fingerprint density at radius 3 is 2.79 bits per heavy atom. The van der Waals surface area contributed by atoms with Crippen LogP contribution in [-0.4, -0.2) is 16.7 Å². The second-order valence-electron chi connectivity index (χ2n) is 4.11. The Balaban J connectivity index is 2.32. The van der Waals surface area contributed by atoms with Crippen LogP contribution in [0.1, 0.15) is 0 Å². The van der Waals surface area contributed by atoms with E-state index < -0.39 is 0 Å². The predicted molar refractivity (Wildman–Crippen MR) is 77.0 cm³/mol. The molecule has 0 radical (unpaired) electrons. The van der Waals surface area contributed by atoms with Gasteiger partial charge in [0.1, 0.15) is 5.75 Å². The van der Waals surface area contributed by atoms with E-state index in [1.807, 2.05) is 47.0 Å². The quantitative estimate of drug-likeness (QED) is 0.780. The Kier molecular flexibility index (Phi) is 2.80. The molecule has 4 nitrogen and oxygen atoms in total. The maximum absolute atomic E-state index is 6.25. The smallest absolute Gasteiger partial charge is 0.205 e. The van der Waals surface area contributed by atoms with Gasteiger partial charge < -0.3 is 10.5 Å². The molecule has 5 heteroatoms. The molecule has 0 aliphatic rings. The molecule has 0 fully saturated rings. The van der Waals surface area contributed by atoms with Gasteiger partial charge in [0, 0.05) is 6.07 Å². The molecule has 0 aliphatic heterocycles. The number of benzene rings is 2. The highest BCUT2D eigenvalue weighted by molar-refractivity contribution is 6.35. The lowest BCUT2D eigenvalue weighted by atomic mass is 10.2. The van der Waals surface area contributed by atoms with Gasteiger partial charge in [0.2, 0.25) is 5.95 Å². The number of nitrogens with two attached hydrogens (primary N) is 1. The number of rotatable bonds is 2. The zero-order valence-corrected chi connectivity index (χ0v) is 11.1. The summed E-state index contributed by atoms with van der Waals surface area (Å²) in [5.41, 5.74) is 8.44. The topological polar surface area (TPSA) is 53.1 Å². The number of nitrogens with zero attached hydrogens (tertiary/aromatic N) is 2. The molecule has 19 heavy (non-hydrogen) atoms. The lowest BCUT2D eigenvalue weighted by Gasteiger charge is -2.09. The van der Waals surface area contributed by atoms with E-state index in [2.05, 4.69) is 4.98 Å². The zero-order chi connectivity index (χ0) is 13.4. The number of fused-ring (bicyclic) bond motifs is 1. The maximum Gasteiger partial charge on any atom is 0.205 e. The Bertz CT molecular complexity index is 752. The van der Waals surface area contributed by atoms with Crippen molar-refractivity contribution in [2.75, 3.05) is 12.8 Å². The Morgan fingerprint density at radius 1 is 1.21 bits per heavy atom. The molecule has 2 aromatic carbocycles. The first-order valence-corrected chi connectivity index (χ1v) is 6.15. The molecule has 0 amide bonds. The molecular formula is C14H12ClN3O. The molecular weight excluding hydrogens is 262 g/mol. The minimum Gasteiger partial charge on any atom is -0.497 e. The van der Waals surface area contributed by atoms with Gasteiger partial charge >= 0.3 is 0 Å². The van der Waals surface area contributed by atoms with Crippen molar-refractivity contribution in [1.29, 1.82) is 0 Å². The van der Waals surface area contributed by atoms with Crippen LogP contribution in [0.3, 0.4) is 0 Å². The first-order chi connectivity index (χ1) is 9.20. The molecule has 2 N–H and O–H groups in total. The van der Waals surface area contributed by atoms with Crippen molar-refractivity contribution in [2.45, 2.75) is 0 Å². The largest absolute Gasteiger partial charge is 0.497 e. The number of halogens is 1. The van der Waals surface area contributed by atoms with Gasteiger partial charge in [-0.3, -0.25) is 4.57 Å². The Hall–Kier alpha value is -2.20. The standard InChI is InChI=1S/C14H12ClN3O/c1-19-10-5-2-4-9(8-10)18-13-11(15)6-3-7-12(13)17-14(18)16/h2-8H,1H3,(H2,16,17). The average Bonchev–Trinajstić information content (AvgIpc) is 2.76. The fourth-order valence-electron chi connectivity index (χ4n) is 2.11. The highest BCUT2D eigenvalue weighted by atomic mass is 35.5. The van der Waals surface area contributed by atoms with Crippen LogP contribution in [0.15, 0.2) is 42.5 Å². The third-order valence-electron chi connectivity index (χ3n) is 2.96. The van der Waals surface area contributed by atoms with Crippen molar-refractivity contribution in [3.63, 3.8) is 0 Å². The van der Waals surface area contributed by atoms with E-state index >= 15 is 0 Å². The molecule has 1 aromatic heterocycles. The lowest BCUT2D eigenvalue weighted by Crippen LogP contribution is -2.01. The van der Waals surface area contributed by atoms with E-state index in [1.54, 1.807) is 7.11 Å². The lowest BCUT2D eigenvalue weighted by molar-refractivity contribution is 0.414. The van der Waals surface area contributed by atoms with Gasteiger partial charge in [-0.2, -0.15) is 0 Å². The SMILES string of the molecule is COc1cccc(-n2c(N)nc3cccc(Cl)c32)c1. The minimum absolute atomic E-state index is 0.399. The van der Waals surface area contributed by atoms with Crippen molar-refractivity contribution >= 4 is 28.6 Å². The van der Waals surface area contributed by atoms with Gasteiger partial charge in [-0.05, 0) is 24.3 Å². The number of imidazole rings is 1. The fourth-order valence-corrected chi connectivity index (χ4v) is 2.37. The Labute approximate surface area is 115 Å². The van der Waals surface area contributed by atoms with E-state index in [0.29, 0.717) is 11.0 Å². The van der Waals surface area contributed by atoms with Gasteiger partial charge in [0.05, 0.1) is 28.9 Å². The molecule has 0 spiro atoms. The summed E-state index contributed by atoms with van der Waals surface area (Å²) in [6.07, 6.45) is 0. The number of methoxy groups -OCH3 is 1. The molecule has 0 saturated heterocycles. The van der Waals surface area contributed by atoms with Crippen LogP contribution in [0.4, 0.5) is 5.95 Å². The van der Waals surface area contributed by atoms with E-state index in [4.69, 9.17) is 22.1 Å². The van der Waals surface area contributed by atoms with E-state index in [9.17, 15) is 0 Å². The summed E-state index contributed by atoms with van der Waals surface area (Å²) in [5, 5.41) is 0.615. The third-order valence-corrected chi connectivity index (χ3v) is 3.27. The van der Waals surface area contributed by atoms with Crippen molar-refractivity contribution in [3.05, 3.63) is 47.5 Å². The number of hydrogen-bond donors (Lipinski definition) is 1. The van der Waals surface area contributed by atoms with Crippen molar-refractivity contribution in [3.8, 4) is 11.4 Å². The van der Waals surface area contributed by atoms with Crippen LogP contribution >= 0.6 is 11.6 Å². The number of aromatic nitrogens is 2. The van der Waals surface area contributed by atoms with Crippen LogP contribution in [-0.2, 0) is 0 Å². The minimum atomic E-state index is 0.399. The van der Waals surface area contributed by atoms with Crippen molar-refractivity contribution < 1.29 is 4.74 Å². The second kappa shape index (κ2) is 4.48. The summed E-state index contributed by atoms with van der Waals surface area (Å²) in [5.74, 6) is 1.15. The Morgan fingerprint density at radius 2 is 2.00 bits per heavy atom. The zero-order valence-electron chi connectivity index (χ0n) is 10.3. The average molecular weight is 274 g/mol. The van der Waals surface area contributed by atoms with Gasteiger partial charge in [0.15, 0.2) is 0 Å². The molecule has 0 atom stereocenters. The summed E-state index contributed by atoms with van der Waals surface area (Å²) in [6.45, 7) is 0. The highest BCUT2D eigenvalue weighted by Crippen LogP contribution is 2.29. The first-order valence-electron chi connectivity index (χ1n) is 5.77. The van der Waals surface area contributed by atoms with Gasteiger partial charge in [-0.15, -0.1) is 0 Å². The molecule has 0 aliphatic carbocycles. The van der Waals surface area contributed by atoms with E-state index in [1.165, 1.54) is 0 Å². The summed E-state index contributed by atoms with van der Waals surface area (Å²) in [7, 11) is 1.63. The number of nitrogen functional groups attached to an aromatic ring is 1. The normalized spacial score (nSPS) is 10.8. The van der Waals surface area contributed by atoms with Crippen LogP contribution in [0.2, 0.25) is 5.02 Å². The summed E-state index contributed by atoms with van der Waals surface area (Å²) in [4.78, 5) is 4.32. The molecule has 0 saturated carbocycles.